The van der Waals surface area contributed by atoms with Crippen LogP contribution in [0.2, 0.25) is 0 Å². The van der Waals surface area contributed by atoms with E-state index >= 15 is 0 Å². The predicted molar refractivity (Wildman–Crippen MR) is 62.7 cm³/mol. The number of oxime groups is 1. The predicted octanol–water partition coefficient (Wildman–Crippen LogP) is 4.03. The van der Waals surface area contributed by atoms with E-state index in [1.165, 1.54) is 44.9 Å². The van der Waals surface area contributed by atoms with Crippen LogP contribution in [0, 0.1) is 5.92 Å². The summed E-state index contributed by atoms with van der Waals surface area (Å²) >= 11 is 0. The van der Waals surface area contributed by atoms with Gasteiger partial charge in [-0.2, -0.15) is 0 Å². The molecule has 0 amide bonds. The Morgan fingerprint density at radius 1 is 1.13 bits per heavy atom. The monoisotopic (exact) mass is 207 g/mol. The van der Waals surface area contributed by atoms with Gasteiger partial charge in [-0.3, -0.25) is 0 Å². The molecule has 0 aliphatic heterocycles. The second-order valence-electron chi connectivity index (χ2n) is 4.66. The number of nitrogens with zero attached hydrogens (tertiary/aromatic N) is 1. The third-order valence-electron chi connectivity index (χ3n) is 3.34. The summed E-state index contributed by atoms with van der Waals surface area (Å²) in [6, 6.07) is 0. The molecule has 0 aromatic carbocycles. The summed E-state index contributed by atoms with van der Waals surface area (Å²) in [5.74, 6) is 1.75. The number of allylic oxidation sites excluding steroid dienone is 2. The van der Waals surface area contributed by atoms with Crippen LogP contribution < -0.4 is 0 Å². The van der Waals surface area contributed by atoms with E-state index in [0.29, 0.717) is 5.92 Å². The van der Waals surface area contributed by atoms with Crippen molar-refractivity contribution in [3.63, 3.8) is 0 Å². The maximum atomic E-state index is 5.42. The van der Waals surface area contributed by atoms with Crippen LogP contribution in [0.3, 0.4) is 0 Å². The van der Waals surface area contributed by atoms with Crippen LogP contribution in [0.25, 0.3) is 0 Å². The fourth-order valence-electron chi connectivity index (χ4n) is 2.36. The lowest BCUT2D eigenvalue weighted by Crippen LogP contribution is -2.07. The summed E-state index contributed by atoms with van der Waals surface area (Å²) in [7, 11) is 0. The second kappa shape index (κ2) is 5.94. The zero-order chi connectivity index (χ0) is 10.3. The molecule has 0 bridgehead atoms. The minimum Gasteiger partial charge on any atom is -0.362 e. The Kier molecular flexibility index (Phi) is 4.24. The first-order valence-corrected chi connectivity index (χ1v) is 6.35. The Hall–Kier alpha value is -0.790. The van der Waals surface area contributed by atoms with E-state index < -0.39 is 0 Å². The summed E-state index contributed by atoms with van der Waals surface area (Å²) < 4.78 is 0. The molecule has 0 heterocycles. The summed E-state index contributed by atoms with van der Waals surface area (Å²) in [4.78, 5) is 5.42. The largest absolute Gasteiger partial charge is 0.362 e. The van der Waals surface area contributed by atoms with Crippen LogP contribution in [0.1, 0.15) is 57.8 Å². The molecule has 2 rings (SSSR count). The minimum absolute atomic E-state index is 0.669. The normalized spacial score (nSPS) is 24.1. The molecule has 2 heteroatoms. The first kappa shape index (κ1) is 10.7. The molecular formula is C13H21NO. The molecule has 1 fully saturated rings. The Balaban J connectivity index is 1.71. The molecule has 0 aromatic rings. The van der Waals surface area contributed by atoms with Crippen molar-refractivity contribution in [2.75, 3.05) is 0 Å². The van der Waals surface area contributed by atoms with Gasteiger partial charge in [-0.05, 0) is 44.1 Å². The molecule has 0 N–H and O–H groups in total. The molecule has 0 saturated heterocycles. The van der Waals surface area contributed by atoms with Crippen molar-refractivity contribution in [3.05, 3.63) is 11.8 Å². The van der Waals surface area contributed by atoms with Gasteiger partial charge in [-0.15, -0.1) is 0 Å². The van der Waals surface area contributed by atoms with E-state index in [2.05, 4.69) is 11.2 Å². The van der Waals surface area contributed by atoms with Gasteiger partial charge in [-0.25, -0.2) is 0 Å². The molecule has 0 spiro atoms. The second-order valence-corrected chi connectivity index (χ2v) is 4.66. The molecular weight excluding hydrogens is 186 g/mol. The lowest BCUT2D eigenvalue weighted by molar-refractivity contribution is 0.207. The molecule has 0 radical (unpaired) electrons. The first-order chi connectivity index (χ1) is 7.45. The van der Waals surface area contributed by atoms with Crippen molar-refractivity contribution in [1.82, 2.24) is 0 Å². The quantitative estimate of drug-likeness (QED) is 0.506. The van der Waals surface area contributed by atoms with Gasteiger partial charge >= 0.3 is 0 Å². The highest BCUT2D eigenvalue weighted by molar-refractivity contribution is 5.60. The van der Waals surface area contributed by atoms with E-state index in [1.54, 1.807) is 0 Å². The maximum Gasteiger partial charge on any atom is 0.131 e. The van der Waals surface area contributed by atoms with Crippen LogP contribution in [0.4, 0.5) is 0 Å². The van der Waals surface area contributed by atoms with Gasteiger partial charge < -0.3 is 4.84 Å². The molecule has 1 saturated carbocycles. The lowest BCUT2D eigenvalue weighted by Gasteiger charge is -2.17. The Morgan fingerprint density at radius 2 is 2.00 bits per heavy atom. The van der Waals surface area contributed by atoms with E-state index in [1.807, 2.05) is 6.21 Å². The zero-order valence-electron chi connectivity index (χ0n) is 9.45. The highest BCUT2D eigenvalue weighted by Gasteiger charge is 2.11. The van der Waals surface area contributed by atoms with E-state index in [-0.39, 0.29) is 0 Å². The third-order valence-corrected chi connectivity index (χ3v) is 3.34. The fourth-order valence-corrected chi connectivity index (χ4v) is 2.36. The average Bonchev–Trinajstić information content (AvgIpc) is 2.32. The van der Waals surface area contributed by atoms with Crippen molar-refractivity contribution >= 4 is 6.21 Å². The van der Waals surface area contributed by atoms with E-state index in [0.717, 1.165) is 18.6 Å². The van der Waals surface area contributed by atoms with E-state index in [4.69, 9.17) is 4.84 Å². The van der Waals surface area contributed by atoms with Gasteiger partial charge in [0.2, 0.25) is 0 Å². The summed E-state index contributed by atoms with van der Waals surface area (Å²) in [6.45, 7) is 0. The van der Waals surface area contributed by atoms with Crippen LogP contribution >= 0.6 is 0 Å². The summed E-state index contributed by atoms with van der Waals surface area (Å²) in [6.07, 6.45) is 15.7. The van der Waals surface area contributed by atoms with Crippen molar-refractivity contribution in [1.29, 1.82) is 0 Å². The highest BCUT2D eigenvalue weighted by atomic mass is 16.6. The zero-order valence-corrected chi connectivity index (χ0v) is 9.45. The number of hydrogen-bond donors (Lipinski definition) is 0. The first-order valence-electron chi connectivity index (χ1n) is 6.35. The molecule has 0 atom stereocenters. The Morgan fingerprint density at radius 3 is 2.73 bits per heavy atom. The number of hydrogen-bond acceptors (Lipinski definition) is 2. The summed E-state index contributed by atoms with van der Waals surface area (Å²) in [5, 5.41) is 4.13. The van der Waals surface area contributed by atoms with Gasteiger partial charge in [0.25, 0.3) is 0 Å². The van der Waals surface area contributed by atoms with Gasteiger partial charge in [0, 0.05) is 12.6 Å². The van der Waals surface area contributed by atoms with Crippen molar-refractivity contribution in [2.24, 2.45) is 11.1 Å². The van der Waals surface area contributed by atoms with Crippen molar-refractivity contribution < 1.29 is 4.84 Å². The van der Waals surface area contributed by atoms with Crippen molar-refractivity contribution in [2.45, 2.75) is 57.8 Å². The van der Waals surface area contributed by atoms with Crippen LogP contribution in [-0.2, 0) is 4.84 Å². The Bertz CT molecular complexity index is 239. The minimum atomic E-state index is 0.669. The molecule has 2 aliphatic rings. The molecule has 15 heavy (non-hydrogen) atoms. The maximum absolute atomic E-state index is 5.42. The SMILES string of the molecule is C(=NOC1=CCCCC1)C1CCCCC1. The third kappa shape index (κ3) is 3.69. The number of rotatable bonds is 3. The van der Waals surface area contributed by atoms with E-state index in [9.17, 15) is 0 Å². The molecule has 0 aromatic heterocycles. The van der Waals surface area contributed by atoms with Crippen LogP contribution in [0.5, 0.6) is 0 Å². The molecule has 84 valence electrons. The smallest absolute Gasteiger partial charge is 0.131 e. The van der Waals surface area contributed by atoms with Gasteiger partial charge in [0.05, 0.1) is 0 Å². The van der Waals surface area contributed by atoms with Crippen LogP contribution in [-0.4, -0.2) is 6.21 Å². The lowest BCUT2D eigenvalue weighted by atomic mass is 9.90. The van der Waals surface area contributed by atoms with Gasteiger partial charge in [0.1, 0.15) is 5.76 Å². The Labute approximate surface area is 92.4 Å². The van der Waals surface area contributed by atoms with Crippen LogP contribution in [0.15, 0.2) is 17.0 Å². The topological polar surface area (TPSA) is 21.6 Å². The molecule has 2 aliphatic carbocycles. The molecule has 2 nitrogen and oxygen atoms in total. The highest BCUT2D eigenvalue weighted by Crippen LogP contribution is 2.22. The molecule has 0 unspecified atom stereocenters. The van der Waals surface area contributed by atoms with Gasteiger partial charge in [-0.1, -0.05) is 24.4 Å². The van der Waals surface area contributed by atoms with Crippen molar-refractivity contribution in [3.8, 4) is 0 Å². The average molecular weight is 207 g/mol. The van der Waals surface area contributed by atoms with Gasteiger partial charge in [0.15, 0.2) is 0 Å². The fraction of sp³-hybridized carbons (Fsp3) is 0.769. The summed E-state index contributed by atoms with van der Waals surface area (Å²) in [5.41, 5.74) is 0. The standard InChI is InChI=1S/C13H21NO/c1-3-7-12(8-4-1)11-14-15-13-9-5-2-6-10-13/h9,11-12H,1-8,10H2.